The molecule has 6 nitrogen and oxygen atoms in total. The van der Waals surface area contributed by atoms with Crippen LogP contribution in [0.15, 0.2) is 66.9 Å². The van der Waals surface area contributed by atoms with Gasteiger partial charge < -0.3 is 15.2 Å². The summed E-state index contributed by atoms with van der Waals surface area (Å²) in [5, 5.41) is 11.9. The van der Waals surface area contributed by atoms with Crippen molar-refractivity contribution in [2.75, 3.05) is 5.32 Å². The topological polar surface area (TPSA) is 84.3 Å². The molecule has 0 saturated carbocycles. The number of ether oxygens (including phenoxy) is 1. The van der Waals surface area contributed by atoms with E-state index < -0.39 is 5.97 Å². The van der Waals surface area contributed by atoms with Crippen molar-refractivity contribution in [2.45, 2.75) is 6.61 Å². The first-order valence-electron chi connectivity index (χ1n) is 7.31. The van der Waals surface area contributed by atoms with Crippen molar-refractivity contribution in [3.05, 3.63) is 78.1 Å². The minimum atomic E-state index is -1.10. The summed E-state index contributed by atoms with van der Waals surface area (Å²) in [6.07, 6.45) is 1.40. The van der Waals surface area contributed by atoms with Gasteiger partial charge in [-0.1, -0.05) is 36.4 Å². The Labute approximate surface area is 138 Å². The molecule has 0 saturated heterocycles. The van der Waals surface area contributed by atoms with E-state index in [4.69, 9.17) is 9.84 Å². The Morgan fingerprint density at radius 3 is 2.71 bits per heavy atom. The highest BCUT2D eigenvalue weighted by atomic mass is 16.5. The largest absolute Gasteiger partial charge is 0.489 e. The normalized spacial score (nSPS) is 10.2. The van der Waals surface area contributed by atoms with Crippen molar-refractivity contribution in [3.63, 3.8) is 0 Å². The first-order valence-corrected chi connectivity index (χ1v) is 7.31. The van der Waals surface area contributed by atoms with Gasteiger partial charge in [0.2, 0.25) is 5.95 Å². The van der Waals surface area contributed by atoms with Gasteiger partial charge in [-0.3, -0.25) is 0 Å². The molecule has 0 radical (unpaired) electrons. The average molecular weight is 321 g/mol. The van der Waals surface area contributed by atoms with E-state index in [0.717, 1.165) is 5.56 Å². The molecule has 3 rings (SSSR count). The molecule has 6 heteroatoms. The van der Waals surface area contributed by atoms with Crippen molar-refractivity contribution in [3.8, 4) is 5.75 Å². The minimum absolute atomic E-state index is 0.0658. The summed E-state index contributed by atoms with van der Waals surface area (Å²) in [4.78, 5) is 18.9. The summed E-state index contributed by atoms with van der Waals surface area (Å²) in [6, 6.07) is 18.5. The van der Waals surface area contributed by atoms with Crippen molar-refractivity contribution in [1.82, 2.24) is 9.97 Å². The van der Waals surface area contributed by atoms with Crippen molar-refractivity contribution in [2.24, 2.45) is 0 Å². The van der Waals surface area contributed by atoms with Gasteiger partial charge in [0.25, 0.3) is 0 Å². The first kappa shape index (κ1) is 15.5. The number of aromatic nitrogens is 2. The zero-order valence-corrected chi connectivity index (χ0v) is 12.7. The third kappa shape index (κ3) is 4.07. The smallest absolute Gasteiger partial charge is 0.354 e. The Bertz CT molecular complexity index is 838. The van der Waals surface area contributed by atoms with Gasteiger partial charge >= 0.3 is 5.97 Å². The number of rotatable bonds is 6. The fraction of sp³-hybridized carbons (Fsp3) is 0.0556. The number of benzene rings is 2. The molecule has 0 aliphatic rings. The van der Waals surface area contributed by atoms with Crippen LogP contribution in [0.2, 0.25) is 0 Å². The van der Waals surface area contributed by atoms with Gasteiger partial charge in [0.1, 0.15) is 12.4 Å². The molecule has 1 aromatic heterocycles. The van der Waals surface area contributed by atoms with Gasteiger partial charge in [0.05, 0.1) is 0 Å². The molecule has 0 unspecified atom stereocenters. The number of anilines is 2. The second-order valence-corrected chi connectivity index (χ2v) is 5.00. The molecule has 1 heterocycles. The van der Waals surface area contributed by atoms with E-state index in [-0.39, 0.29) is 11.6 Å². The predicted molar refractivity (Wildman–Crippen MR) is 89.5 cm³/mol. The highest BCUT2D eigenvalue weighted by Gasteiger charge is 2.06. The van der Waals surface area contributed by atoms with E-state index in [2.05, 4.69) is 15.3 Å². The lowest BCUT2D eigenvalue weighted by atomic mass is 10.2. The number of hydrogen-bond donors (Lipinski definition) is 2. The Balaban J connectivity index is 1.69. The molecule has 0 atom stereocenters. The van der Waals surface area contributed by atoms with Crippen LogP contribution in [-0.2, 0) is 6.61 Å². The number of nitrogens with one attached hydrogen (secondary N) is 1. The SMILES string of the molecule is O=C(O)c1ccnc(Nc2cccc(OCc3ccccc3)c2)n1. The molecule has 0 bridgehead atoms. The first-order chi connectivity index (χ1) is 11.7. The standard InChI is InChI=1S/C18H15N3O3/c22-17(23)16-9-10-19-18(21-16)20-14-7-4-8-15(11-14)24-12-13-5-2-1-3-6-13/h1-11H,12H2,(H,22,23)(H,19,20,21). The molecular weight excluding hydrogens is 306 g/mol. The number of carboxylic acid groups (broad SMARTS) is 1. The monoisotopic (exact) mass is 321 g/mol. The zero-order chi connectivity index (χ0) is 16.8. The maximum Gasteiger partial charge on any atom is 0.354 e. The van der Waals surface area contributed by atoms with Crippen molar-refractivity contribution < 1.29 is 14.6 Å². The summed E-state index contributed by atoms with van der Waals surface area (Å²) in [6.45, 7) is 0.468. The van der Waals surface area contributed by atoms with Crippen LogP contribution < -0.4 is 10.1 Å². The Hall–Kier alpha value is -3.41. The molecule has 2 N–H and O–H groups in total. The van der Waals surface area contributed by atoms with E-state index in [1.165, 1.54) is 12.3 Å². The maximum atomic E-state index is 10.9. The van der Waals surface area contributed by atoms with Crippen LogP contribution in [0.3, 0.4) is 0 Å². The van der Waals surface area contributed by atoms with Gasteiger partial charge in [-0.05, 0) is 23.8 Å². The van der Waals surface area contributed by atoms with E-state index in [1.807, 2.05) is 48.5 Å². The average Bonchev–Trinajstić information content (AvgIpc) is 2.61. The fourth-order valence-electron chi connectivity index (χ4n) is 2.07. The van der Waals surface area contributed by atoms with Crippen LogP contribution in [-0.4, -0.2) is 21.0 Å². The number of carboxylic acids is 1. The second-order valence-electron chi connectivity index (χ2n) is 5.00. The maximum absolute atomic E-state index is 10.9. The number of carbonyl (C=O) groups is 1. The van der Waals surface area contributed by atoms with Gasteiger partial charge in [0, 0.05) is 18.0 Å². The van der Waals surface area contributed by atoms with Crippen molar-refractivity contribution >= 4 is 17.6 Å². The molecule has 0 fully saturated rings. The molecule has 0 amide bonds. The molecule has 3 aromatic rings. The molecule has 0 spiro atoms. The molecule has 24 heavy (non-hydrogen) atoms. The van der Waals surface area contributed by atoms with Crippen LogP contribution in [0.4, 0.5) is 11.6 Å². The van der Waals surface area contributed by atoms with Crippen LogP contribution in [0, 0.1) is 0 Å². The molecule has 2 aromatic carbocycles. The third-order valence-electron chi connectivity index (χ3n) is 3.21. The highest BCUT2D eigenvalue weighted by molar-refractivity contribution is 5.85. The minimum Gasteiger partial charge on any atom is -0.489 e. The van der Waals surface area contributed by atoms with E-state index in [9.17, 15) is 4.79 Å². The van der Waals surface area contributed by atoms with Gasteiger partial charge in [0.15, 0.2) is 5.69 Å². The lowest BCUT2D eigenvalue weighted by molar-refractivity contribution is 0.0690. The Kier molecular flexibility index (Phi) is 4.67. The third-order valence-corrected chi connectivity index (χ3v) is 3.21. The van der Waals surface area contributed by atoms with Gasteiger partial charge in [-0.15, -0.1) is 0 Å². The van der Waals surface area contributed by atoms with E-state index in [0.29, 0.717) is 18.0 Å². The number of nitrogens with zero attached hydrogens (tertiary/aromatic N) is 2. The molecule has 120 valence electrons. The number of aromatic carboxylic acids is 1. The van der Waals surface area contributed by atoms with Crippen LogP contribution in [0.5, 0.6) is 5.75 Å². The second kappa shape index (κ2) is 7.23. The lowest BCUT2D eigenvalue weighted by Gasteiger charge is -2.09. The van der Waals surface area contributed by atoms with Crippen LogP contribution in [0.25, 0.3) is 0 Å². The molecule has 0 aliphatic heterocycles. The van der Waals surface area contributed by atoms with E-state index >= 15 is 0 Å². The Morgan fingerprint density at radius 1 is 1.08 bits per heavy atom. The summed E-state index contributed by atoms with van der Waals surface area (Å²) < 4.78 is 5.76. The summed E-state index contributed by atoms with van der Waals surface area (Å²) in [5.41, 5.74) is 1.72. The van der Waals surface area contributed by atoms with Gasteiger partial charge in [-0.2, -0.15) is 0 Å². The quantitative estimate of drug-likeness (QED) is 0.723. The predicted octanol–water partition coefficient (Wildman–Crippen LogP) is 3.50. The summed E-state index contributed by atoms with van der Waals surface area (Å²) in [7, 11) is 0. The number of hydrogen-bond acceptors (Lipinski definition) is 5. The summed E-state index contributed by atoms with van der Waals surface area (Å²) in [5.74, 6) is -0.186. The highest BCUT2D eigenvalue weighted by Crippen LogP contribution is 2.20. The Morgan fingerprint density at radius 2 is 1.92 bits per heavy atom. The fourth-order valence-corrected chi connectivity index (χ4v) is 2.07. The zero-order valence-electron chi connectivity index (χ0n) is 12.7. The van der Waals surface area contributed by atoms with Crippen molar-refractivity contribution in [1.29, 1.82) is 0 Å². The van der Waals surface area contributed by atoms with E-state index in [1.54, 1.807) is 6.07 Å². The molecule has 0 aliphatic carbocycles. The van der Waals surface area contributed by atoms with Crippen LogP contribution >= 0.6 is 0 Å². The lowest BCUT2D eigenvalue weighted by Crippen LogP contribution is -2.04. The summed E-state index contributed by atoms with van der Waals surface area (Å²) >= 11 is 0. The molecular formula is C18H15N3O3. The van der Waals surface area contributed by atoms with Gasteiger partial charge in [-0.25, -0.2) is 14.8 Å². The van der Waals surface area contributed by atoms with Crippen LogP contribution in [0.1, 0.15) is 16.1 Å².